The van der Waals surface area contributed by atoms with E-state index in [0.717, 1.165) is 11.1 Å². The molecule has 8 nitrogen and oxygen atoms in total. The molecule has 0 bridgehead atoms. The molecule has 9 heteroatoms. The van der Waals surface area contributed by atoms with Gasteiger partial charge in [0.25, 0.3) is 0 Å². The van der Waals surface area contributed by atoms with E-state index in [1.807, 2.05) is 19.9 Å². The molecule has 2 aromatic rings. The van der Waals surface area contributed by atoms with E-state index in [2.05, 4.69) is 15.8 Å². The molecule has 0 spiro atoms. The van der Waals surface area contributed by atoms with Gasteiger partial charge in [-0.15, -0.1) is 0 Å². The van der Waals surface area contributed by atoms with Crippen molar-refractivity contribution in [1.82, 2.24) is 5.43 Å². The Balaban J connectivity index is 1.93. The number of nitrogens with zero attached hydrogens (tertiary/aromatic N) is 1. The minimum Gasteiger partial charge on any atom is -0.546 e. The Morgan fingerprint density at radius 2 is 1.93 bits per heavy atom. The number of ether oxygens (including phenoxy) is 1. The maximum absolute atomic E-state index is 12.0. The minimum atomic E-state index is -1.37. The summed E-state index contributed by atoms with van der Waals surface area (Å²) < 4.78 is 4.94. The lowest BCUT2D eigenvalue weighted by atomic mass is 10.1. The molecule has 0 heterocycles. The molecule has 2 amide bonds. The molecule has 2 rings (SSSR count). The summed E-state index contributed by atoms with van der Waals surface area (Å²) in [5.41, 5.74) is 5.01. The molecule has 0 saturated heterocycles. The zero-order chi connectivity index (χ0) is 20.7. The van der Waals surface area contributed by atoms with Crippen LogP contribution in [0.3, 0.4) is 0 Å². The van der Waals surface area contributed by atoms with Crippen LogP contribution in [0.25, 0.3) is 0 Å². The molecular formula is C19H17ClN3O5-. The second-order valence-electron chi connectivity index (χ2n) is 5.75. The fourth-order valence-electron chi connectivity index (χ4n) is 2.13. The van der Waals surface area contributed by atoms with Crippen LogP contribution >= 0.6 is 11.6 Å². The van der Waals surface area contributed by atoms with Gasteiger partial charge in [-0.2, -0.15) is 5.10 Å². The van der Waals surface area contributed by atoms with Gasteiger partial charge in [0.1, 0.15) is 12.4 Å². The number of amides is 2. The standard InChI is InChI=1S/C19H18ClN3O5/c1-11-4-3-5-15(12(11)2)22-18(26)19(27)23-21-9-13-6-7-16(14(20)8-13)28-10-17(24)25/h3-9H,10H2,1-2H3,(H,22,26)(H,23,27)(H,24,25)/p-1/b21-9-. The molecule has 0 aliphatic rings. The summed E-state index contributed by atoms with van der Waals surface area (Å²) in [5.74, 6) is -2.99. The van der Waals surface area contributed by atoms with E-state index in [1.54, 1.807) is 18.2 Å². The predicted molar refractivity (Wildman–Crippen MR) is 102 cm³/mol. The van der Waals surface area contributed by atoms with Gasteiger partial charge in [-0.3, -0.25) is 9.59 Å². The Labute approximate surface area is 166 Å². The monoisotopic (exact) mass is 402 g/mol. The van der Waals surface area contributed by atoms with Crippen LogP contribution in [0.15, 0.2) is 41.5 Å². The van der Waals surface area contributed by atoms with E-state index in [4.69, 9.17) is 16.3 Å². The topological polar surface area (TPSA) is 120 Å². The highest BCUT2D eigenvalue weighted by atomic mass is 35.5. The lowest BCUT2D eigenvalue weighted by Gasteiger charge is -2.09. The van der Waals surface area contributed by atoms with Gasteiger partial charge in [-0.25, -0.2) is 5.43 Å². The van der Waals surface area contributed by atoms with Crippen LogP contribution in [0, 0.1) is 13.8 Å². The van der Waals surface area contributed by atoms with Crippen molar-refractivity contribution < 1.29 is 24.2 Å². The number of anilines is 1. The Hall–Kier alpha value is -3.39. The van der Waals surface area contributed by atoms with E-state index in [1.165, 1.54) is 18.3 Å². The molecule has 0 fully saturated rings. The van der Waals surface area contributed by atoms with Gasteiger partial charge in [0.05, 0.1) is 17.2 Å². The number of rotatable bonds is 6. The fourth-order valence-corrected chi connectivity index (χ4v) is 2.38. The number of benzene rings is 2. The largest absolute Gasteiger partial charge is 0.546 e. The number of hydrogen-bond donors (Lipinski definition) is 2. The van der Waals surface area contributed by atoms with Crippen LogP contribution < -0.4 is 20.6 Å². The lowest BCUT2D eigenvalue weighted by molar-refractivity contribution is -0.307. The van der Waals surface area contributed by atoms with Gasteiger partial charge in [0.2, 0.25) is 0 Å². The first kappa shape index (κ1) is 20.9. The van der Waals surface area contributed by atoms with E-state index < -0.39 is 24.4 Å². The van der Waals surface area contributed by atoms with Gasteiger partial charge in [-0.05, 0) is 54.8 Å². The molecule has 0 saturated carbocycles. The van der Waals surface area contributed by atoms with E-state index in [-0.39, 0.29) is 10.8 Å². The molecule has 0 aromatic heterocycles. The molecule has 2 N–H and O–H groups in total. The van der Waals surface area contributed by atoms with Crippen LogP contribution in [0.2, 0.25) is 5.02 Å². The normalized spacial score (nSPS) is 10.5. The van der Waals surface area contributed by atoms with E-state index in [0.29, 0.717) is 11.3 Å². The molecule has 0 radical (unpaired) electrons. The van der Waals surface area contributed by atoms with Gasteiger partial charge in [-0.1, -0.05) is 23.7 Å². The van der Waals surface area contributed by atoms with E-state index >= 15 is 0 Å². The fraction of sp³-hybridized carbons (Fsp3) is 0.158. The SMILES string of the molecule is Cc1cccc(NC(=O)C(=O)N/N=C\c2ccc(OCC(=O)[O-])c(Cl)c2)c1C. The van der Waals surface area contributed by atoms with Crippen molar-refractivity contribution >= 4 is 41.3 Å². The molecule has 0 aliphatic carbocycles. The van der Waals surface area contributed by atoms with Crippen LogP contribution in [0.4, 0.5) is 5.69 Å². The smallest absolute Gasteiger partial charge is 0.329 e. The second-order valence-corrected chi connectivity index (χ2v) is 6.16. The average molecular weight is 403 g/mol. The minimum absolute atomic E-state index is 0.157. The Kier molecular flexibility index (Phi) is 7.11. The molecule has 28 heavy (non-hydrogen) atoms. The van der Waals surface area contributed by atoms with Crippen molar-refractivity contribution in [3.8, 4) is 5.75 Å². The summed E-state index contributed by atoms with van der Waals surface area (Å²) in [6.45, 7) is 3.11. The molecule has 0 aliphatic heterocycles. The van der Waals surface area contributed by atoms with Gasteiger partial charge in [0, 0.05) is 5.69 Å². The Bertz CT molecular complexity index is 943. The van der Waals surface area contributed by atoms with Gasteiger partial charge in [0.15, 0.2) is 0 Å². The third-order valence-corrected chi connectivity index (χ3v) is 4.04. The summed E-state index contributed by atoms with van der Waals surface area (Å²) in [6.07, 6.45) is 1.28. The van der Waals surface area contributed by atoms with Crippen molar-refractivity contribution in [3.05, 3.63) is 58.1 Å². The summed E-state index contributed by atoms with van der Waals surface area (Å²) >= 11 is 5.97. The zero-order valence-electron chi connectivity index (χ0n) is 15.1. The van der Waals surface area contributed by atoms with Crippen molar-refractivity contribution in [1.29, 1.82) is 0 Å². The number of halogens is 1. The number of hydrazone groups is 1. The quantitative estimate of drug-likeness (QED) is 0.427. The number of nitrogens with one attached hydrogen (secondary N) is 2. The van der Waals surface area contributed by atoms with Crippen molar-refractivity contribution in [3.63, 3.8) is 0 Å². The summed E-state index contributed by atoms with van der Waals surface area (Å²) in [4.78, 5) is 34.2. The van der Waals surface area contributed by atoms with Gasteiger partial charge >= 0.3 is 11.8 Å². The number of carboxylic acids is 1. The number of hydrogen-bond acceptors (Lipinski definition) is 6. The Morgan fingerprint density at radius 1 is 1.18 bits per heavy atom. The molecule has 2 aromatic carbocycles. The maximum atomic E-state index is 12.0. The number of aryl methyl sites for hydroxylation is 1. The highest BCUT2D eigenvalue weighted by molar-refractivity contribution is 6.39. The van der Waals surface area contributed by atoms with Crippen LogP contribution in [-0.4, -0.2) is 30.6 Å². The number of carboxylic acid groups (broad SMARTS) is 1. The maximum Gasteiger partial charge on any atom is 0.329 e. The third kappa shape index (κ3) is 5.82. The first-order chi connectivity index (χ1) is 13.3. The second kappa shape index (κ2) is 9.52. The highest BCUT2D eigenvalue weighted by Gasteiger charge is 2.14. The zero-order valence-corrected chi connectivity index (χ0v) is 15.9. The van der Waals surface area contributed by atoms with Crippen LogP contribution in [0.5, 0.6) is 5.75 Å². The summed E-state index contributed by atoms with van der Waals surface area (Å²) in [6, 6.07) is 9.82. The molecule has 0 unspecified atom stereocenters. The van der Waals surface area contributed by atoms with Crippen molar-refractivity contribution in [2.45, 2.75) is 13.8 Å². The van der Waals surface area contributed by atoms with Gasteiger partial charge < -0.3 is 20.0 Å². The average Bonchev–Trinajstić information content (AvgIpc) is 2.64. The number of aliphatic carboxylic acids is 1. The van der Waals surface area contributed by atoms with Crippen molar-refractivity contribution in [2.24, 2.45) is 5.10 Å². The van der Waals surface area contributed by atoms with Crippen LogP contribution in [-0.2, 0) is 14.4 Å². The summed E-state index contributed by atoms with van der Waals surface area (Å²) in [7, 11) is 0. The Morgan fingerprint density at radius 3 is 2.61 bits per heavy atom. The molecule has 146 valence electrons. The lowest BCUT2D eigenvalue weighted by Crippen LogP contribution is -2.32. The third-order valence-electron chi connectivity index (χ3n) is 3.74. The molecular weight excluding hydrogens is 386 g/mol. The predicted octanol–water partition coefficient (Wildman–Crippen LogP) is 1.17. The number of carbonyl (C=O) groups excluding carboxylic acids is 3. The van der Waals surface area contributed by atoms with E-state index in [9.17, 15) is 19.5 Å². The first-order valence-electron chi connectivity index (χ1n) is 8.10. The summed E-state index contributed by atoms with van der Waals surface area (Å²) in [5, 5.41) is 16.8. The van der Waals surface area contributed by atoms with Crippen molar-refractivity contribution in [2.75, 3.05) is 11.9 Å². The van der Waals surface area contributed by atoms with Crippen LogP contribution in [0.1, 0.15) is 16.7 Å². The first-order valence-corrected chi connectivity index (χ1v) is 8.48. The molecule has 0 atom stereocenters. The number of carbonyl (C=O) groups is 3. The highest BCUT2D eigenvalue weighted by Crippen LogP contribution is 2.24.